The topological polar surface area (TPSA) is 12.0 Å². The van der Waals surface area contributed by atoms with Gasteiger partial charge in [0.2, 0.25) is 0 Å². The molecule has 1 fully saturated rings. The van der Waals surface area contributed by atoms with Gasteiger partial charge in [-0.15, -0.1) is 0 Å². The molecule has 1 saturated heterocycles. The SMILES string of the molecule is FC(F)(c1cccc(Cl)c1)C1CCNCC1. The molecular weight excluding hydrogens is 232 g/mol. The maximum absolute atomic E-state index is 14.1. The van der Waals surface area contributed by atoms with Crippen LogP contribution in [0.4, 0.5) is 8.78 Å². The van der Waals surface area contributed by atoms with Crippen LogP contribution < -0.4 is 5.32 Å². The lowest BCUT2D eigenvalue weighted by Gasteiger charge is -2.30. The van der Waals surface area contributed by atoms with Gasteiger partial charge in [-0.3, -0.25) is 0 Å². The van der Waals surface area contributed by atoms with Gasteiger partial charge in [0.15, 0.2) is 0 Å². The predicted molar refractivity (Wildman–Crippen MR) is 60.9 cm³/mol. The second-order valence-corrected chi connectivity index (χ2v) is 4.59. The molecule has 0 amide bonds. The largest absolute Gasteiger partial charge is 0.317 e. The lowest BCUT2D eigenvalue weighted by atomic mass is 9.87. The monoisotopic (exact) mass is 245 g/mol. The van der Waals surface area contributed by atoms with E-state index in [2.05, 4.69) is 5.32 Å². The minimum atomic E-state index is -2.77. The van der Waals surface area contributed by atoms with E-state index in [1.807, 2.05) is 0 Å². The van der Waals surface area contributed by atoms with Gasteiger partial charge in [-0.1, -0.05) is 23.7 Å². The molecule has 1 aromatic rings. The highest BCUT2D eigenvalue weighted by molar-refractivity contribution is 6.30. The van der Waals surface area contributed by atoms with Gasteiger partial charge in [-0.2, -0.15) is 0 Å². The maximum atomic E-state index is 14.1. The molecule has 88 valence electrons. The fourth-order valence-corrected chi connectivity index (χ4v) is 2.31. The van der Waals surface area contributed by atoms with E-state index in [4.69, 9.17) is 11.6 Å². The highest BCUT2D eigenvalue weighted by Crippen LogP contribution is 2.40. The number of hydrogen-bond acceptors (Lipinski definition) is 1. The van der Waals surface area contributed by atoms with Crippen LogP contribution in [-0.2, 0) is 5.92 Å². The first kappa shape index (κ1) is 11.8. The lowest BCUT2D eigenvalue weighted by Crippen LogP contribution is -2.36. The van der Waals surface area contributed by atoms with Crippen LogP contribution in [0.1, 0.15) is 18.4 Å². The van der Waals surface area contributed by atoms with Gasteiger partial charge in [-0.05, 0) is 38.1 Å². The molecule has 0 atom stereocenters. The molecule has 0 bridgehead atoms. The van der Waals surface area contributed by atoms with E-state index in [0.29, 0.717) is 31.0 Å². The summed E-state index contributed by atoms with van der Waals surface area (Å²) in [7, 11) is 0. The van der Waals surface area contributed by atoms with Gasteiger partial charge < -0.3 is 5.32 Å². The third kappa shape index (κ3) is 2.36. The van der Waals surface area contributed by atoms with Crippen molar-refractivity contribution in [3.8, 4) is 0 Å². The number of nitrogens with one attached hydrogen (secondary N) is 1. The van der Waals surface area contributed by atoms with Crippen molar-refractivity contribution in [3.05, 3.63) is 34.9 Å². The molecule has 0 radical (unpaired) electrons. The number of benzene rings is 1. The van der Waals surface area contributed by atoms with Crippen molar-refractivity contribution < 1.29 is 8.78 Å². The van der Waals surface area contributed by atoms with E-state index >= 15 is 0 Å². The minimum Gasteiger partial charge on any atom is -0.317 e. The molecule has 0 aliphatic carbocycles. The number of rotatable bonds is 2. The third-order valence-electron chi connectivity index (χ3n) is 3.06. The fraction of sp³-hybridized carbons (Fsp3) is 0.500. The smallest absolute Gasteiger partial charge is 0.276 e. The molecule has 1 N–H and O–H groups in total. The summed E-state index contributed by atoms with van der Waals surface area (Å²) < 4.78 is 28.3. The molecule has 0 aromatic heterocycles. The average Bonchev–Trinajstić information content (AvgIpc) is 2.30. The zero-order chi connectivity index (χ0) is 11.6. The van der Waals surface area contributed by atoms with Crippen LogP contribution in [-0.4, -0.2) is 13.1 Å². The first-order valence-electron chi connectivity index (χ1n) is 5.45. The molecular formula is C12H14ClF2N. The number of alkyl halides is 2. The summed E-state index contributed by atoms with van der Waals surface area (Å²) >= 11 is 5.74. The van der Waals surface area contributed by atoms with Crippen molar-refractivity contribution in [2.45, 2.75) is 18.8 Å². The molecule has 0 saturated carbocycles. The second kappa shape index (κ2) is 4.68. The predicted octanol–water partition coefficient (Wildman–Crippen LogP) is 3.43. The molecule has 16 heavy (non-hydrogen) atoms. The normalized spacial score (nSPS) is 18.7. The first-order chi connectivity index (χ1) is 7.60. The molecule has 1 aliphatic rings. The molecule has 2 rings (SSSR count). The van der Waals surface area contributed by atoms with E-state index in [0.717, 1.165) is 0 Å². The van der Waals surface area contributed by atoms with Crippen LogP contribution in [0, 0.1) is 5.92 Å². The van der Waals surface area contributed by atoms with E-state index in [-0.39, 0.29) is 5.56 Å². The van der Waals surface area contributed by atoms with Crippen LogP contribution in [0.3, 0.4) is 0 Å². The summed E-state index contributed by atoms with van der Waals surface area (Å²) in [5.41, 5.74) is 0.0342. The van der Waals surface area contributed by atoms with Gasteiger partial charge in [0.1, 0.15) is 0 Å². The number of piperidine rings is 1. The van der Waals surface area contributed by atoms with Crippen molar-refractivity contribution in [2.24, 2.45) is 5.92 Å². The third-order valence-corrected chi connectivity index (χ3v) is 3.30. The summed E-state index contributed by atoms with van der Waals surface area (Å²) in [6.07, 6.45) is 1.03. The van der Waals surface area contributed by atoms with Crippen LogP contribution in [0.15, 0.2) is 24.3 Å². The van der Waals surface area contributed by atoms with Crippen LogP contribution in [0.5, 0.6) is 0 Å². The average molecular weight is 246 g/mol. The Labute approximate surface area is 98.8 Å². The molecule has 1 aromatic carbocycles. The van der Waals surface area contributed by atoms with Gasteiger partial charge in [0.05, 0.1) is 0 Å². The zero-order valence-electron chi connectivity index (χ0n) is 8.85. The van der Waals surface area contributed by atoms with Crippen molar-refractivity contribution in [1.29, 1.82) is 0 Å². The Morgan fingerprint density at radius 3 is 2.56 bits per heavy atom. The van der Waals surface area contributed by atoms with Crippen molar-refractivity contribution in [1.82, 2.24) is 5.32 Å². The van der Waals surface area contributed by atoms with Crippen LogP contribution in [0.25, 0.3) is 0 Å². The molecule has 0 spiro atoms. The second-order valence-electron chi connectivity index (χ2n) is 4.16. The van der Waals surface area contributed by atoms with Crippen molar-refractivity contribution >= 4 is 11.6 Å². The Hall–Kier alpha value is -0.670. The Morgan fingerprint density at radius 2 is 1.94 bits per heavy atom. The summed E-state index contributed by atoms with van der Waals surface area (Å²) in [5.74, 6) is -3.35. The molecule has 1 nitrogen and oxygen atoms in total. The lowest BCUT2D eigenvalue weighted by molar-refractivity contribution is -0.0753. The fourth-order valence-electron chi connectivity index (χ4n) is 2.12. The minimum absolute atomic E-state index is 0.0342. The Balaban J connectivity index is 2.22. The van der Waals surface area contributed by atoms with Crippen LogP contribution >= 0.6 is 11.6 Å². The quantitative estimate of drug-likeness (QED) is 0.842. The molecule has 1 heterocycles. The van der Waals surface area contributed by atoms with E-state index in [9.17, 15) is 8.78 Å². The highest BCUT2D eigenvalue weighted by Gasteiger charge is 2.41. The number of halogens is 3. The number of hydrogen-bond donors (Lipinski definition) is 1. The van der Waals surface area contributed by atoms with Gasteiger partial charge in [0, 0.05) is 16.5 Å². The molecule has 0 unspecified atom stereocenters. The van der Waals surface area contributed by atoms with Crippen LogP contribution in [0.2, 0.25) is 5.02 Å². The molecule has 4 heteroatoms. The summed E-state index contributed by atoms with van der Waals surface area (Å²) in [4.78, 5) is 0. The van der Waals surface area contributed by atoms with Gasteiger partial charge >= 0.3 is 0 Å². The zero-order valence-corrected chi connectivity index (χ0v) is 9.61. The first-order valence-corrected chi connectivity index (χ1v) is 5.83. The summed E-state index contributed by atoms with van der Waals surface area (Å²) in [6.45, 7) is 1.33. The molecule has 1 aliphatic heterocycles. The van der Waals surface area contributed by atoms with E-state index in [1.54, 1.807) is 12.1 Å². The van der Waals surface area contributed by atoms with Crippen molar-refractivity contribution in [2.75, 3.05) is 13.1 Å². The van der Waals surface area contributed by atoms with E-state index < -0.39 is 11.8 Å². The van der Waals surface area contributed by atoms with Gasteiger partial charge in [0.25, 0.3) is 5.92 Å². The van der Waals surface area contributed by atoms with Crippen molar-refractivity contribution in [3.63, 3.8) is 0 Å². The standard InChI is InChI=1S/C12H14ClF2N/c13-11-3-1-2-10(8-11)12(14,15)9-4-6-16-7-5-9/h1-3,8-9,16H,4-7H2. The Kier molecular flexibility index (Phi) is 3.45. The summed E-state index contributed by atoms with van der Waals surface area (Å²) in [6, 6.07) is 6.01. The highest BCUT2D eigenvalue weighted by atomic mass is 35.5. The van der Waals surface area contributed by atoms with E-state index in [1.165, 1.54) is 12.1 Å². The Bertz CT molecular complexity index is 362. The maximum Gasteiger partial charge on any atom is 0.276 e. The summed E-state index contributed by atoms with van der Waals surface area (Å²) in [5, 5.41) is 3.46. The Morgan fingerprint density at radius 1 is 1.25 bits per heavy atom. The van der Waals surface area contributed by atoms with Gasteiger partial charge in [-0.25, -0.2) is 8.78 Å².